The van der Waals surface area contributed by atoms with Gasteiger partial charge in [-0.2, -0.15) is 5.10 Å². The average molecular weight is 519 g/mol. The van der Waals surface area contributed by atoms with Crippen LogP contribution < -0.4 is 10.3 Å². The molecule has 2 aromatic carbocycles. The highest BCUT2D eigenvalue weighted by atomic mass is 35.5. The fourth-order valence-electron chi connectivity index (χ4n) is 4.66. The van der Waals surface area contributed by atoms with Crippen molar-refractivity contribution in [2.75, 3.05) is 19.6 Å². The molecule has 0 atom stereocenters. The van der Waals surface area contributed by atoms with E-state index in [1.807, 2.05) is 29.1 Å². The van der Waals surface area contributed by atoms with Crippen LogP contribution in [-0.2, 0) is 6.54 Å². The Bertz CT molecular complexity index is 1420. The van der Waals surface area contributed by atoms with Gasteiger partial charge in [0.2, 0.25) is 0 Å². The molecule has 0 spiro atoms. The van der Waals surface area contributed by atoms with E-state index in [1.54, 1.807) is 23.8 Å². The van der Waals surface area contributed by atoms with Crippen LogP contribution in [0.15, 0.2) is 65.7 Å². The summed E-state index contributed by atoms with van der Waals surface area (Å²) in [4.78, 5) is 15.4. The molecule has 0 amide bonds. The van der Waals surface area contributed by atoms with Gasteiger partial charge in [-0.05, 0) is 85.9 Å². The third-order valence-electron chi connectivity index (χ3n) is 6.39. The second-order valence-electron chi connectivity index (χ2n) is 8.81. The highest BCUT2D eigenvalue weighted by Gasteiger charge is 2.31. The van der Waals surface area contributed by atoms with Gasteiger partial charge in [0.1, 0.15) is 5.75 Å². The first kappa shape index (κ1) is 25.8. The Balaban J connectivity index is 0.00000304. The molecule has 1 aliphatic rings. The summed E-state index contributed by atoms with van der Waals surface area (Å²) in [6.45, 7) is 5.77. The molecule has 190 valence electrons. The predicted octanol–water partition coefficient (Wildman–Crippen LogP) is 5.58. The first-order valence-electron chi connectivity index (χ1n) is 11.5. The quantitative estimate of drug-likeness (QED) is 0.334. The smallest absolute Gasteiger partial charge is 0.406 e. The molecule has 0 saturated carbocycles. The van der Waals surface area contributed by atoms with Crippen molar-refractivity contribution in [1.29, 1.82) is 0 Å². The van der Waals surface area contributed by atoms with Crippen LogP contribution in [0.1, 0.15) is 18.4 Å². The van der Waals surface area contributed by atoms with E-state index in [2.05, 4.69) is 14.7 Å². The number of likely N-dealkylation sites (tertiary alicyclic amines) is 1. The Labute approximate surface area is 212 Å². The van der Waals surface area contributed by atoms with E-state index in [0.717, 1.165) is 42.8 Å². The lowest BCUT2D eigenvalue weighted by Crippen LogP contribution is -2.24. The highest BCUT2D eigenvalue weighted by Crippen LogP contribution is 2.29. The molecule has 0 bridgehead atoms. The Morgan fingerprint density at radius 2 is 1.78 bits per heavy atom. The summed E-state index contributed by atoms with van der Waals surface area (Å²) in [6.07, 6.45) is 1.26. The van der Waals surface area contributed by atoms with Gasteiger partial charge in [0.15, 0.2) is 0 Å². The van der Waals surface area contributed by atoms with Crippen molar-refractivity contribution in [1.82, 2.24) is 19.2 Å². The van der Waals surface area contributed by atoms with E-state index in [-0.39, 0.29) is 23.7 Å². The van der Waals surface area contributed by atoms with Crippen molar-refractivity contribution in [3.63, 3.8) is 0 Å². The molecule has 1 saturated heterocycles. The number of ether oxygens (including phenoxy) is 1. The second kappa shape index (κ2) is 10.4. The third-order valence-corrected chi connectivity index (χ3v) is 6.39. The molecule has 10 heteroatoms. The lowest BCUT2D eigenvalue weighted by Gasteiger charge is -2.14. The number of nitrogens with zero attached hydrogens (tertiary/aromatic N) is 4. The number of hydrogen-bond acceptors (Lipinski definition) is 4. The zero-order valence-corrected chi connectivity index (χ0v) is 20.5. The van der Waals surface area contributed by atoms with Gasteiger partial charge < -0.3 is 9.64 Å². The van der Waals surface area contributed by atoms with Crippen molar-refractivity contribution < 1.29 is 17.9 Å². The molecule has 1 fully saturated rings. The zero-order valence-electron chi connectivity index (χ0n) is 19.7. The number of alkyl halides is 3. The molecular weight excluding hydrogens is 493 g/mol. The van der Waals surface area contributed by atoms with E-state index >= 15 is 0 Å². The van der Waals surface area contributed by atoms with E-state index < -0.39 is 6.36 Å². The van der Waals surface area contributed by atoms with Crippen LogP contribution >= 0.6 is 12.4 Å². The molecule has 2 aromatic heterocycles. The maximum absolute atomic E-state index is 12.9. The summed E-state index contributed by atoms with van der Waals surface area (Å²) >= 11 is 0. The summed E-state index contributed by atoms with van der Waals surface area (Å²) in [6, 6.07) is 13.1. The fraction of sp³-hybridized carbons (Fsp3) is 0.308. The van der Waals surface area contributed by atoms with Crippen molar-refractivity contribution in [2.45, 2.75) is 32.7 Å². The molecule has 3 heterocycles. The predicted molar refractivity (Wildman–Crippen MR) is 135 cm³/mol. The molecule has 0 unspecified atom stereocenters. The largest absolute Gasteiger partial charge is 0.573 e. The molecule has 6 nitrogen and oxygen atoms in total. The van der Waals surface area contributed by atoms with E-state index in [1.165, 1.54) is 37.1 Å². The minimum atomic E-state index is -4.75. The minimum Gasteiger partial charge on any atom is -0.406 e. The number of benzene rings is 2. The van der Waals surface area contributed by atoms with Crippen LogP contribution in [0, 0.1) is 6.92 Å². The summed E-state index contributed by atoms with van der Waals surface area (Å²) in [5, 5.41) is 5.48. The van der Waals surface area contributed by atoms with Gasteiger partial charge in [-0.1, -0.05) is 6.07 Å². The van der Waals surface area contributed by atoms with Gasteiger partial charge in [0.25, 0.3) is 5.56 Å². The molecule has 36 heavy (non-hydrogen) atoms. The molecule has 4 aromatic rings. The Hall–Kier alpha value is -3.30. The topological polar surface area (TPSA) is 52.3 Å². The average Bonchev–Trinajstić information content (AvgIpc) is 3.46. The Morgan fingerprint density at radius 1 is 1.00 bits per heavy atom. The van der Waals surface area contributed by atoms with Crippen LogP contribution in [0.25, 0.3) is 27.7 Å². The molecule has 0 radical (unpaired) electrons. The van der Waals surface area contributed by atoms with Gasteiger partial charge in [-0.25, -0.2) is 0 Å². The first-order chi connectivity index (χ1) is 16.8. The zero-order chi connectivity index (χ0) is 24.6. The Kier molecular flexibility index (Phi) is 7.42. The van der Waals surface area contributed by atoms with Gasteiger partial charge in [0, 0.05) is 29.9 Å². The number of aryl methyl sites for hydroxylation is 1. The standard InChI is InChI=1S/C26H25F3N4O2.ClH/c1-18-14-22(35-26(27,28)29)5-6-23(18)19-8-11-32(25(34)16-19)21-4-7-24-20(15-21)17-30-33(24)13-12-31-9-2-3-10-31;/h4-8,11,14-17H,2-3,9-10,12-13H2,1H3;1H. The third kappa shape index (κ3) is 5.57. The number of aromatic nitrogens is 3. The molecule has 5 rings (SSSR count). The van der Waals surface area contributed by atoms with Crippen molar-refractivity contribution in [3.05, 3.63) is 76.8 Å². The lowest BCUT2D eigenvalue weighted by atomic mass is 10.0. The number of hydrogen-bond donors (Lipinski definition) is 0. The fourth-order valence-corrected chi connectivity index (χ4v) is 4.66. The van der Waals surface area contributed by atoms with Gasteiger partial charge in [0.05, 0.1) is 18.3 Å². The molecule has 0 N–H and O–H groups in total. The van der Waals surface area contributed by atoms with E-state index in [9.17, 15) is 18.0 Å². The summed E-state index contributed by atoms with van der Waals surface area (Å²) in [7, 11) is 0. The van der Waals surface area contributed by atoms with Crippen LogP contribution in [0.5, 0.6) is 5.75 Å². The maximum atomic E-state index is 12.9. The van der Waals surface area contributed by atoms with Crippen molar-refractivity contribution in [2.24, 2.45) is 0 Å². The van der Waals surface area contributed by atoms with E-state index in [4.69, 9.17) is 0 Å². The van der Waals surface area contributed by atoms with Gasteiger partial charge >= 0.3 is 6.36 Å². The summed E-state index contributed by atoms with van der Waals surface area (Å²) < 4.78 is 45.0. The molecule has 1 aliphatic heterocycles. The van der Waals surface area contributed by atoms with Gasteiger partial charge in [-0.3, -0.25) is 14.0 Å². The van der Waals surface area contributed by atoms with Crippen LogP contribution in [-0.4, -0.2) is 45.2 Å². The summed E-state index contributed by atoms with van der Waals surface area (Å²) in [5.74, 6) is -0.290. The maximum Gasteiger partial charge on any atom is 0.573 e. The van der Waals surface area contributed by atoms with Crippen molar-refractivity contribution in [3.8, 4) is 22.6 Å². The minimum absolute atomic E-state index is 0. The number of rotatable bonds is 6. The highest BCUT2D eigenvalue weighted by molar-refractivity contribution is 5.85. The van der Waals surface area contributed by atoms with Crippen LogP contribution in [0.2, 0.25) is 0 Å². The van der Waals surface area contributed by atoms with Gasteiger partial charge in [-0.15, -0.1) is 25.6 Å². The summed E-state index contributed by atoms with van der Waals surface area (Å²) in [5.41, 5.74) is 3.37. The Morgan fingerprint density at radius 3 is 2.47 bits per heavy atom. The number of pyridine rings is 1. The first-order valence-corrected chi connectivity index (χ1v) is 11.5. The van der Waals surface area contributed by atoms with Crippen LogP contribution in [0.3, 0.4) is 0 Å². The molecular formula is C26H26ClF3N4O2. The number of fused-ring (bicyclic) bond motifs is 1. The van der Waals surface area contributed by atoms with Crippen LogP contribution in [0.4, 0.5) is 13.2 Å². The molecule has 0 aliphatic carbocycles. The van der Waals surface area contributed by atoms with Crippen molar-refractivity contribution >= 4 is 23.3 Å². The number of halogens is 4. The normalized spacial score (nSPS) is 14.2. The lowest BCUT2D eigenvalue weighted by molar-refractivity contribution is -0.274. The van der Waals surface area contributed by atoms with E-state index in [0.29, 0.717) is 16.7 Å². The monoisotopic (exact) mass is 518 g/mol. The SMILES string of the molecule is Cc1cc(OC(F)(F)F)ccc1-c1ccn(-c2ccc3c(cnn3CCN3CCCC3)c2)c(=O)c1.Cl. The second-order valence-corrected chi connectivity index (χ2v) is 8.81.